The van der Waals surface area contributed by atoms with E-state index >= 15 is 0 Å². The Kier molecular flexibility index (Phi) is 9.85. The van der Waals surface area contributed by atoms with Gasteiger partial charge in [-0.3, -0.25) is 10.2 Å². The van der Waals surface area contributed by atoms with E-state index in [1.807, 2.05) is 38.1 Å². The lowest BCUT2D eigenvalue weighted by Crippen LogP contribution is -2.44. The number of anilines is 1. The number of aryl methyl sites for hydroxylation is 1. The number of hydrogen-bond donors (Lipinski definition) is 3. The summed E-state index contributed by atoms with van der Waals surface area (Å²) in [6.07, 6.45) is 0.812. The second kappa shape index (κ2) is 12.2. The van der Waals surface area contributed by atoms with Crippen LogP contribution in [0.4, 0.5) is 10.5 Å². The normalized spacial score (nSPS) is 9.33. The van der Waals surface area contributed by atoms with Crippen molar-refractivity contribution in [1.29, 1.82) is 0 Å². The van der Waals surface area contributed by atoms with Gasteiger partial charge in [0.1, 0.15) is 11.5 Å². The number of carbonyl (C=O) groups excluding carboxylic acids is 2. The van der Waals surface area contributed by atoms with Crippen molar-refractivity contribution in [2.24, 2.45) is 0 Å². The topological polar surface area (TPSA) is 88.7 Å². The molecule has 0 aliphatic carbocycles. The van der Waals surface area contributed by atoms with E-state index in [-0.39, 0.29) is 12.3 Å². The highest BCUT2D eigenvalue weighted by Crippen LogP contribution is 2.22. The number of hydrazine groups is 1. The average molecular weight is 373 g/mol. The molecular formula is C20H27N3O4. The van der Waals surface area contributed by atoms with Crippen molar-refractivity contribution in [3.05, 3.63) is 54.1 Å². The molecular weight excluding hydrogens is 346 g/mol. The predicted molar refractivity (Wildman–Crippen MR) is 106 cm³/mol. The number of benzene rings is 2. The summed E-state index contributed by atoms with van der Waals surface area (Å²) in [5, 5.41) is 2.60. The molecule has 0 spiro atoms. The lowest BCUT2D eigenvalue weighted by Gasteiger charge is -2.11. The molecule has 2 aromatic carbocycles. The van der Waals surface area contributed by atoms with Gasteiger partial charge in [0, 0.05) is 6.42 Å². The molecule has 0 saturated carbocycles. The van der Waals surface area contributed by atoms with Crippen LogP contribution in [0.1, 0.15) is 25.8 Å². The average Bonchev–Trinajstić information content (AvgIpc) is 2.73. The van der Waals surface area contributed by atoms with E-state index in [0.717, 1.165) is 11.3 Å². The standard InChI is InChI=1S/C18H21N3O4.C2H6/c1-24-14-10-7-13(8-11-14)9-12-17(22)20-21-18(23)19-15-5-3-4-6-16(15)25-2;1-2/h3-8,10-11H,9,12H2,1-2H3,(H,20,22)(H2,19,21,23);1-2H3. The molecule has 0 heterocycles. The third-order valence-corrected chi connectivity index (χ3v) is 3.47. The number of rotatable bonds is 6. The van der Waals surface area contributed by atoms with Crippen LogP contribution in [0.5, 0.6) is 11.5 Å². The molecule has 2 rings (SSSR count). The van der Waals surface area contributed by atoms with Crippen LogP contribution in [-0.4, -0.2) is 26.2 Å². The van der Waals surface area contributed by atoms with Crippen LogP contribution >= 0.6 is 0 Å². The minimum absolute atomic E-state index is 0.251. The highest BCUT2D eigenvalue weighted by molar-refractivity contribution is 5.92. The number of ether oxygens (including phenoxy) is 2. The fourth-order valence-corrected chi connectivity index (χ4v) is 2.14. The maximum absolute atomic E-state index is 11.8. The minimum Gasteiger partial charge on any atom is -0.497 e. The second-order valence-electron chi connectivity index (χ2n) is 5.18. The van der Waals surface area contributed by atoms with Crippen LogP contribution in [0.15, 0.2) is 48.5 Å². The zero-order valence-corrected chi connectivity index (χ0v) is 16.2. The first kappa shape index (κ1) is 21.8. The van der Waals surface area contributed by atoms with E-state index in [1.54, 1.807) is 31.4 Å². The van der Waals surface area contributed by atoms with Crippen LogP contribution < -0.4 is 25.6 Å². The van der Waals surface area contributed by atoms with Crippen molar-refractivity contribution in [2.75, 3.05) is 19.5 Å². The van der Waals surface area contributed by atoms with Crippen molar-refractivity contribution in [1.82, 2.24) is 10.9 Å². The Morgan fingerprint density at radius 2 is 1.56 bits per heavy atom. The third kappa shape index (κ3) is 7.68. The fraction of sp³-hybridized carbons (Fsp3) is 0.300. The van der Waals surface area contributed by atoms with E-state index in [9.17, 15) is 9.59 Å². The quantitative estimate of drug-likeness (QED) is 0.676. The molecule has 7 nitrogen and oxygen atoms in total. The number of nitrogens with one attached hydrogen (secondary N) is 3. The van der Waals surface area contributed by atoms with Crippen molar-refractivity contribution in [2.45, 2.75) is 26.7 Å². The van der Waals surface area contributed by atoms with Gasteiger partial charge >= 0.3 is 6.03 Å². The van der Waals surface area contributed by atoms with Gasteiger partial charge in [-0.15, -0.1) is 0 Å². The molecule has 0 aliphatic rings. The summed E-state index contributed by atoms with van der Waals surface area (Å²) in [6, 6.07) is 13.9. The van der Waals surface area contributed by atoms with Gasteiger partial charge in [-0.2, -0.15) is 0 Å². The van der Waals surface area contributed by atoms with Crippen LogP contribution in [0.3, 0.4) is 0 Å². The number of para-hydroxylation sites is 2. The van der Waals surface area contributed by atoms with E-state index in [0.29, 0.717) is 17.9 Å². The lowest BCUT2D eigenvalue weighted by molar-refractivity contribution is -0.121. The molecule has 3 amide bonds. The van der Waals surface area contributed by atoms with Gasteiger partial charge in [0.15, 0.2) is 0 Å². The van der Waals surface area contributed by atoms with Gasteiger partial charge in [-0.05, 0) is 36.2 Å². The van der Waals surface area contributed by atoms with Crippen LogP contribution in [-0.2, 0) is 11.2 Å². The monoisotopic (exact) mass is 373 g/mol. The molecule has 0 atom stereocenters. The van der Waals surface area contributed by atoms with Gasteiger partial charge in [0.05, 0.1) is 19.9 Å². The Bertz CT molecular complexity index is 717. The van der Waals surface area contributed by atoms with E-state index < -0.39 is 6.03 Å². The van der Waals surface area contributed by atoms with Crippen molar-refractivity contribution in [3.8, 4) is 11.5 Å². The molecule has 0 radical (unpaired) electrons. The molecule has 146 valence electrons. The maximum atomic E-state index is 11.8. The first-order valence-electron chi connectivity index (χ1n) is 8.74. The minimum atomic E-state index is -0.553. The molecule has 0 saturated heterocycles. The largest absolute Gasteiger partial charge is 0.497 e. The molecule has 27 heavy (non-hydrogen) atoms. The Morgan fingerprint density at radius 1 is 0.889 bits per heavy atom. The van der Waals surface area contributed by atoms with Gasteiger partial charge in [0.25, 0.3) is 0 Å². The molecule has 0 aliphatic heterocycles. The summed E-state index contributed by atoms with van der Waals surface area (Å²) in [4.78, 5) is 23.6. The van der Waals surface area contributed by atoms with Crippen LogP contribution in [0.2, 0.25) is 0 Å². The van der Waals surface area contributed by atoms with Crippen LogP contribution in [0, 0.1) is 0 Å². The molecule has 0 bridgehead atoms. The number of amides is 3. The molecule has 2 aromatic rings. The summed E-state index contributed by atoms with van der Waals surface area (Å²) < 4.78 is 10.2. The van der Waals surface area contributed by atoms with Gasteiger partial charge in [-0.1, -0.05) is 38.1 Å². The number of urea groups is 1. The first-order chi connectivity index (χ1) is 13.1. The summed E-state index contributed by atoms with van der Waals surface area (Å²) in [6.45, 7) is 4.00. The van der Waals surface area contributed by atoms with E-state index in [2.05, 4.69) is 16.2 Å². The fourth-order valence-electron chi connectivity index (χ4n) is 2.14. The number of carbonyl (C=O) groups is 2. The summed E-state index contributed by atoms with van der Waals surface area (Å²) in [7, 11) is 3.11. The predicted octanol–water partition coefficient (Wildman–Crippen LogP) is 3.52. The molecule has 0 unspecified atom stereocenters. The lowest BCUT2D eigenvalue weighted by atomic mass is 10.1. The zero-order chi connectivity index (χ0) is 20.1. The third-order valence-electron chi connectivity index (χ3n) is 3.47. The van der Waals surface area contributed by atoms with Crippen molar-refractivity contribution in [3.63, 3.8) is 0 Å². The van der Waals surface area contributed by atoms with E-state index in [1.165, 1.54) is 7.11 Å². The highest BCUT2D eigenvalue weighted by Gasteiger charge is 2.08. The second-order valence-corrected chi connectivity index (χ2v) is 5.18. The zero-order valence-electron chi connectivity index (χ0n) is 16.2. The van der Waals surface area contributed by atoms with Gasteiger partial charge < -0.3 is 14.8 Å². The van der Waals surface area contributed by atoms with Gasteiger partial charge in [0.2, 0.25) is 5.91 Å². The van der Waals surface area contributed by atoms with Gasteiger partial charge in [-0.25, -0.2) is 10.2 Å². The Balaban J connectivity index is 0.00000176. The van der Waals surface area contributed by atoms with E-state index in [4.69, 9.17) is 9.47 Å². The SMILES string of the molecule is CC.COc1ccc(CCC(=O)NNC(=O)Nc2ccccc2OC)cc1. The first-order valence-corrected chi connectivity index (χ1v) is 8.74. The van der Waals surface area contributed by atoms with Crippen molar-refractivity contribution >= 4 is 17.6 Å². The summed E-state index contributed by atoms with van der Waals surface area (Å²) >= 11 is 0. The summed E-state index contributed by atoms with van der Waals surface area (Å²) in [5.41, 5.74) is 6.20. The molecule has 0 fully saturated rings. The molecule has 7 heteroatoms. The maximum Gasteiger partial charge on any atom is 0.338 e. The Labute approximate surface area is 160 Å². The van der Waals surface area contributed by atoms with Crippen LogP contribution in [0.25, 0.3) is 0 Å². The smallest absolute Gasteiger partial charge is 0.338 e. The molecule has 3 N–H and O–H groups in total. The summed E-state index contributed by atoms with van der Waals surface area (Å²) in [5.74, 6) is 1.01. The number of methoxy groups -OCH3 is 2. The Hall–Kier alpha value is -3.22. The molecule has 0 aromatic heterocycles. The highest BCUT2D eigenvalue weighted by atomic mass is 16.5. The Morgan fingerprint density at radius 3 is 2.19 bits per heavy atom. The van der Waals surface area contributed by atoms with Crippen molar-refractivity contribution < 1.29 is 19.1 Å². The number of hydrogen-bond acceptors (Lipinski definition) is 4.